The van der Waals surface area contributed by atoms with Gasteiger partial charge in [-0.05, 0) is 39.5 Å². The number of rotatable bonds is 3. The van der Waals surface area contributed by atoms with Crippen molar-refractivity contribution in [2.24, 2.45) is 7.05 Å². The number of aldehydes is 1. The lowest BCUT2D eigenvalue weighted by atomic mass is 9.98. The third-order valence-electron chi connectivity index (χ3n) is 2.85. The highest BCUT2D eigenvalue weighted by Crippen LogP contribution is 2.27. The molecule has 0 aliphatic rings. The Bertz CT molecular complexity index is 533. The van der Waals surface area contributed by atoms with Crippen molar-refractivity contribution < 1.29 is 4.79 Å². The summed E-state index contributed by atoms with van der Waals surface area (Å²) in [5.74, 6) is 0.260. The quantitative estimate of drug-likeness (QED) is 0.810. The number of fused-ring (bicyclic) bond motifs is 1. The summed E-state index contributed by atoms with van der Waals surface area (Å²) in [5, 5.41) is 5.40. The molecule has 0 radical (unpaired) electrons. The Hall–Kier alpha value is -1.16. The molecule has 0 N–H and O–H groups in total. The molecule has 0 fully saturated rings. The molecule has 1 atom stereocenters. The van der Waals surface area contributed by atoms with Crippen LogP contribution in [0.25, 0.3) is 10.9 Å². The first-order valence-electron chi connectivity index (χ1n) is 5.19. The van der Waals surface area contributed by atoms with Crippen LogP contribution in [0.2, 0.25) is 0 Å². The summed E-state index contributed by atoms with van der Waals surface area (Å²) in [5.41, 5.74) is 2.26. The van der Waals surface area contributed by atoms with Crippen LogP contribution in [-0.4, -0.2) is 16.1 Å². The summed E-state index contributed by atoms with van der Waals surface area (Å²) in [6.45, 7) is 2.06. The molecule has 4 heteroatoms. The van der Waals surface area contributed by atoms with Gasteiger partial charge < -0.3 is 4.79 Å². The Morgan fingerprint density at radius 3 is 3.00 bits per heavy atom. The molecule has 0 amide bonds. The zero-order chi connectivity index (χ0) is 11.7. The van der Waals surface area contributed by atoms with E-state index >= 15 is 0 Å². The number of aryl methyl sites for hydroxylation is 1. The van der Waals surface area contributed by atoms with Gasteiger partial charge in [0.2, 0.25) is 0 Å². The van der Waals surface area contributed by atoms with Crippen LogP contribution in [0, 0.1) is 0 Å². The van der Waals surface area contributed by atoms with E-state index in [9.17, 15) is 4.79 Å². The Kier molecular flexibility index (Phi) is 3.10. The average molecular weight is 281 g/mol. The summed E-state index contributed by atoms with van der Waals surface area (Å²) in [6, 6.07) is 6.20. The van der Waals surface area contributed by atoms with E-state index in [1.807, 2.05) is 17.8 Å². The molecule has 84 valence electrons. The lowest BCUT2D eigenvalue weighted by Gasteiger charge is -2.08. The van der Waals surface area contributed by atoms with Gasteiger partial charge in [-0.25, -0.2) is 0 Å². The smallest absolute Gasteiger partial charge is 0.135 e. The van der Waals surface area contributed by atoms with Crippen LogP contribution in [0.3, 0.4) is 0 Å². The first-order valence-corrected chi connectivity index (χ1v) is 5.98. The van der Waals surface area contributed by atoms with Crippen LogP contribution in [-0.2, 0) is 11.8 Å². The summed E-state index contributed by atoms with van der Waals surface area (Å²) < 4.78 is 2.70. The van der Waals surface area contributed by atoms with E-state index < -0.39 is 0 Å². The second-order valence-electron chi connectivity index (χ2n) is 3.99. The molecule has 0 bridgehead atoms. The van der Waals surface area contributed by atoms with Crippen molar-refractivity contribution in [2.45, 2.75) is 19.3 Å². The Balaban J connectivity index is 2.51. The van der Waals surface area contributed by atoms with E-state index in [4.69, 9.17) is 0 Å². The van der Waals surface area contributed by atoms with Crippen molar-refractivity contribution in [3.05, 3.63) is 28.4 Å². The monoisotopic (exact) mass is 280 g/mol. The predicted molar refractivity (Wildman–Crippen MR) is 67.5 cm³/mol. The van der Waals surface area contributed by atoms with E-state index in [1.165, 1.54) is 5.56 Å². The fraction of sp³-hybridized carbons (Fsp3) is 0.333. The maximum atomic E-state index is 10.5. The van der Waals surface area contributed by atoms with Crippen molar-refractivity contribution in [2.75, 3.05) is 0 Å². The molecular formula is C12H13BrN2O. The van der Waals surface area contributed by atoms with Gasteiger partial charge in [-0.3, -0.25) is 4.68 Å². The van der Waals surface area contributed by atoms with Gasteiger partial charge in [0, 0.05) is 18.9 Å². The number of hydrogen-bond donors (Lipinski definition) is 0. The van der Waals surface area contributed by atoms with E-state index in [0.29, 0.717) is 6.42 Å². The number of nitrogens with zero attached hydrogens (tertiary/aromatic N) is 2. The summed E-state index contributed by atoms with van der Waals surface area (Å²) >= 11 is 3.42. The van der Waals surface area contributed by atoms with E-state index in [-0.39, 0.29) is 5.92 Å². The van der Waals surface area contributed by atoms with E-state index in [1.54, 1.807) is 0 Å². The van der Waals surface area contributed by atoms with Gasteiger partial charge in [-0.15, -0.1) is 0 Å². The topological polar surface area (TPSA) is 34.9 Å². The average Bonchev–Trinajstić information content (AvgIpc) is 2.55. The molecule has 2 rings (SSSR count). The molecule has 0 saturated heterocycles. The largest absolute Gasteiger partial charge is 0.303 e. The molecule has 1 heterocycles. The number of aromatic nitrogens is 2. The van der Waals surface area contributed by atoms with Crippen LogP contribution < -0.4 is 0 Å². The maximum absolute atomic E-state index is 10.5. The first kappa shape index (κ1) is 11.3. The van der Waals surface area contributed by atoms with Gasteiger partial charge in [-0.2, -0.15) is 5.10 Å². The van der Waals surface area contributed by atoms with Crippen LogP contribution in [0.1, 0.15) is 24.8 Å². The van der Waals surface area contributed by atoms with E-state index in [0.717, 1.165) is 21.8 Å². The van der Waals surface area contributed by atoms with Gasteiger partial charge in [0.15, 0.2) is 0 Å². The fourth-order valence-corrected chi connectivity index (χ4v) is 2.39. The highest BCUT2D eigenvalue weighted by Gasteiger charge is 2.10. The zero-order valence-corrected chi connectivity index (χ0v) is 10.9. The molecule has 1 aromatic heterocycles. The Morgan fingerprint density at radius 1 is 1.56 bits per heavy atom. The number of carbonyl (C=O) groups is 1. The molecule has 2 aromatic rings. The molecule has 16 heavy (non-hydrogen) atoms. The van der Waals surface area contributed by atoms with Crippen LogP contribution in [0.15, 0.2) is 22.8 Å². The minimum Gasteiger partial charge on any atom is -0.303 e. The molecule has 0 aliphatic heterocycles. The molecule has 1 aromatic carbocycles. The second kappa shape index (κ2) is 4.37. The van der Waals surface area contributed by atoms with Gasteiger partial charge in [0.1, 0.15) is 10.9 Å². The van der Waals surface area contributed by atoms with Crippen molar-refractivity contribution in [3.63, 3.8) is 0 Å². The third kappa shape index (κ3) is 1.89. The summed E-state index contributed by atoms with van der Waals surface area (Å²) in [6.07, 6.45) is 1.53. The van der Waals surface area contributed by atoms with Gasteiger partial charge in [0.25, 0.3) is 0 Å². The lowest BCUT2D eigenvalue weighted by molar-refractivity contribution is -0.108. The SMILES string of the molecule is CC(CC=O)c1ccc2c(Br)nn(C)c2c1. The molecule has 3 nitrogen and oxygen atoms in total. The summed E-state index contributed by atoms with van der Waals surface area (Å²) in [7, 11) is 1.92. The number of hydrogen-bond acceptors (Lipinski definition) is 2. The number of halogens is 1. The fourth-order valence-electron chi connectivity index (χ4n) is 1.82. The minimum atomic E-state index is 0.260. The highest BCUT2D eigenvalue weighted by molar-refractivity contribution is 9.10. The summed E-state index contributed by atoms with van der Waals surface area (Å²) in [4.78, 5) is 10.5. The van der Waals surface area contributed by atoms with Crippen molar-refractivity contribution in [1.82, 2.24) is 9.78 Å². The number of benzene rings is 1. The van der Waals surface area contributed by atoms with Gasteiger partial charge >= 0.3 is 0 Å². The molecular weight excluding hydrogens is 268 g/mol. The third-order valence-corrected chi connectivity index (χ3v) is 3.44. The van der Waals surface area contributed by atoms with Crippen LogP contribution >= 0.6 is 15.9 Å². The predicted octanol–water partition coefficient (Wildman–Crippen LogP) is 3.03. The first-order chi connectivity index (χ1) is 7.63. The Labute approximate surface area is 103 Å². The normalized spacial score (nSPS) is 12.9. The molecule has 0 aliphatic carbocycles. The molecule has 1 unspecified atom stereocenters. The minimum absolute atomic E-state index is 0.260. The zero-order valence-electron chi connectivity index (χ0n) is 9.27. The van der Waals surface area contributed by atoms with Gasteiger partial charge in [0.05, 0.1) is 5.52 Å². The van der Waals surface area contributed by atoms with Crippen molar-refractivity contribution in [3.8, 4) is 0 Å². The van der Waals surface area contributed by atoms with Crippen molar-refractivity contribution in [1.29, 1.82) is 0 Å². The molecule has 0 spiro atoms. The molecule has 0 saturated carbocycles. The lowest BCUT2D eigenvalue weighted by Crippen LogP contribution is -1.95. The maximum Gasteiger partial charge on any atom is 0.135 e. The Morgan fingerprint density at radius 2 is 2.31 bits per heavy atom. The van der Waals surface area contributed by atoms with Crippen LogP contribution in [0.5, 0.6) is 0 Å². The van der Waals surface area contributed by atoms with Gasteiger partial charge in [-0.1, -0.05) is 13.0 Å². The number of carbonyl (C=O) groups excluding carboxylic acids is 1. The highest BCUT2D eigenvalue weighted by atomic mass is 79.9. The second-order valence-corrected chi connectivity index (χ2v) is 4.75. The van der Waals surface area contributed by atoms with Crippen molar-refractivity contribution >= 4 is 33.1 Å². The van der Waals surface area contributed by atoms with Crippen LogP contribution in [0.4, 0.5) is 0 Å². The standard InChI is InChI=1S/C12H13BrN2O/c1-8(5-6-16)9-3-4-10-11(7-9)15(2)14-12(10)13/h3-4,6-8H,5H2,1-2H3. The van der Waals surface area contributed by atoms with E-state index in [2.05, 4.69) is 40.1 Å².